The predicted octanol–water partition coefficient (Wildman–Crippen LogP) is 5.20. The van der Waals surface area contributed by atoms with Crippen molar-refractivity contribution < 1.29 is 22.0 Å². The van der Waals surface area contributed by atoms with Gasteiger partial charge in [0.05, 0.1) is 27.9 Å². The molecule has 4 rings (SSSR count). The molecule has 192 valence electrons. The molecule has 15 heteroatoms. The summed E-state index contributed by atoms with van der Waals surface area (Å²) in [4.78, 5) is 19.2. The van der Waals surface area contributed by atoms with Crippen LogP contribution in [0.2, 0.25) is 0 Å². The van der Waals surface area contributed by atoms with Gasteiger partial charge in [0, 0.05) is 29.6 Å². The van der Waals surface area contributed by atoms with Crippen LogP contribution in [-0.4, -0.2) is 36.4 Å². The fourth-order valence-corrected chi connectivity index (χ4v) is 4.57. The first-order chi connectivity index (χ1) is 17.6. The third kappa shape index (κ3) is 4.98. The van der Waals surface area contributed by atoms with Crippen LogP contribution in [0.4, 0.5) is 33.5 Å². The number of hydrogen-bond acceptors (Lipinski definition) is 8. The van der Waals surface area contributed by atoms with Gasteiger partial charge in [0.1, 0.15) is 29.3 Å². The van der Waals surface area contributed by atoms with Gasteiger partial charge in [0.2, 0.25) is 5.82 Å². The number of hydrazone groups is 1. The van der Waals surface area contributed by atoms with Gasteiger partial charge in [0.15, 0.2) is 5.82 Å². The highest BCUT2D eigenvalue weighted by atomic mass is 79.9. The van der Waals surface area contributed by atoms with Crippen LogP contribution in [0.25, 0.3) is 22.2 Å². The van der Waals surface area contributed by atoms with Gasteiger partial charge in [-0.1, -0.05) is 6.92 Å². The second-order valence-corrected chi connectivity index (χ2v) is 8.37. The SMILES string of the molecule is CCC(C(C=Nc1ccc(F)cc1F)=NN)n1c(Br)c(-c2cnc(C(F)(F)F)nc2)c2c(N)ncnc21. The van der Waals surface area contributed by atoms with Gasteiger partial charge in [-0.15, -0.1) is 0 Å². The number of rotatable bonds is 6. The first-order valence-electron chi connectivity index (χ1n) is 10.5. The lowest BCUT2D eigenvalue weighted by Crippen LogP contribution is -2.22. The minimum atomic E-state index is -4.71. The number of anilines is 1. The molecule has 1 aromatic carbocycles. The predicted molar refractivity (Wildman–Crippen MR) is 131 cm³/mol. The van der Waals surface area contributed by atoms with Gasteiger partial charge in [-0.25, -0.2) is 28.7 Å². The average molecular weight is 582 g/mol. The van der Waals surface area contributed by atoms with Gasteiger partial charge in [-0.05, 0) is 34.5 Å². The van der Waals surface area contributed by atoms with Gasteiger partial charge in [-0.2, -0.15) is 18.3 Å². The summed E-state index contributed by atoms with van der Waals surface area (Å²) >= 11 is 3.50. The summed E-state index contributed by atoms with van der Waals surface area (Å²) in [6, 6.07) is 2.26. The summed E-state index contributed by atoms with van der Waals surface area (Å²) in [6.45, 7) is 1.81. The van der Waals surface area contributed by atoms with Crippen molar-refractivity contribution in [1.29, 1.82) is 0 Å². The van der Waals surface area contributed by atoms with E-state index in [0.717, 1.165) is 24.5 Å². The molecule has 3 aromatic heterocycles. The van der Waals surface area contributed by atoms with Gasteiger partial charge in [0.25, 0.3) is 0 Å². The molecule has 0 fully saturated rings. The molecule has 0 aliphatic heterocycles. The molecule has 0 saturated carbocycles. The summed E-state index contributed by atoms with van der Waals surface area (Å²) < 4.78 is 68.3. The summed E-state index contributed by atoms with van der Waals surface area (Å²) in [7, 11) is 0. The number of aromatic nitrogens is 5. The zero-order chi connectivity index (χ0) is 26.9. The topological polar surface area (TPSA) is 133 Å². The Hall–Kier alpha value is -4.01. The van der Waals surface area contributed by atoms with Gasteiger partial charge >= 0.3 is 6.18 Å². The molecular formula is C22H17BrF5N9. The molecule has 0 saturated heterocycles. The Balaban J connectivity index is 1.86. The van der Waals surface area contributed by atoms with E-state index in [1.165, 1.54) is 12.5 Å². The molecule has 1 unspecified atom stereocenters. The van der Waals surface area contributed by atoms with Crippen LogP contribution < -0.4 is 11.6 Å². The number of alkyl halides is 3. The molecule has 0 amide bonds. The maximum Gasteiger partial charge on any atom is 0.451 e. The molecular weight excluding hydrogens is 565 g/mol. The van der Waals surface area contributed by atoms with Crippen LogP contribution in [-0.2, 0) is 6.18 Å². The highest BCUT2D eigenvalue weighted by Gasteiger charge is 2.35. The number of benzene rings is 1. The van der Waals surface area contributed by atoms with E-state index in [4.69, 9.17) is 11.6 Å². The van der Waals surface area contributed by atoms with E-state index in [2.05, 4.69) is 46.0 Å². The lowest BCUT2D eigenvalue weighted by Gasteiger charge is -2.19. The van der Waals surface area contributed by atoms with Crippen LogP contribution >= 0.6 is 15.9 Å². The first-order valence-corrected chi connectivity index (χ1v) is 11.3. The minimum Gasteiger partial charge on any atom is -0.383 e. The molecule has 4 aromatic rings. The highest BCUT2D eigenvalue weighted by Crippen LogP contribution is 2.42. The van der Waals surface area contributed by atoms with Crippen LogP contribution in [0.15, 0.2) is 51.6 Å². The standard InChI is InChI=1S/C22H17BrF5N9/c1-2-15(14(36-30)8-31-13-4-3-11(24)5-12(13)25)37-18(23)16(17-19(29)34-9-35-20(17)37)10-6-32-21(33-7-10)22(26,27)28/h3-9,15H,2,30H2,1H3,(H2,29,34,35). The third-order valence-corrected chi connectivity index (χ3v) is 6.16. The van der Waals surface area contributed by atoms with Crippen molar-refractivity contribution in [2.24, 2.45) is 15.9 Å². The van der Waals surface area contributed by atoms with Crippen molar-refractivity contribution in [2.45, 2.75) is 25.6 Å². The van der Waals surface area contributed by atoms with Crippen molar-refractivity contribution >= 4 is 50.4 Å². The smallest absolute Gasteiger partial charge is 0.383 e. The van der Waals surface area contributed by atoms with Gasteiger partial charge in [-0.3, -0.25) is 4.99 Å². The summed E-state index contributed by atoms with van der Waals surface area (Å²) in [6.07, 6.45) is 0.154. The zero-order valence-electron chi connectivity index (χ0n) is 18.9. The number of halogens is 6. The lowest BCUT2D eigenvalue weighted by atomic mass is 10.1. The normalized spacial score (nSPS) is 13.5. The Morgan fingerprint density at radius 2 is 1.86 bits per heavy atom. The largest absolute Gasteiger partial charge is 0.451 e. The number of aliphatic imine (C=N–C) groups is 1. The molecule has 1 atom stereocenters. The fourth-order valence-electron chi connectivity index (χ4n) is 3.73. The van der Waals surface area contributed by atoms with Crippen LogP contribution in [0.1, 0.15) is 25.2 Å². The molecule has 0 radical (unpaired) electrons. The van der Waals surface area contributed by atoms with E-state index in [0.29, 0.717) is 33.7 Å². The fraction of sp³-hybridized carbons (Fsp3) is 0.182. The van der Waals surface area contributed by atoms with E-state index >= 15 is 0 Å². The van der Waals surface area contributed by atoms with Crippen LogP contribution in [0, 0.1) is 11.6 Å². The van der Waals surface area contributed by atoms with Crippen molar-refractivity contribution in [1.82, 2.24) is 24.5 Å². The van der Waals surface area contributed by atoms with Crippen LogP contribution in [0.3, 0.4) is 0 Å². The molecule has 0 bridgehead atoms. The number of fused-ring (bicyclic) bond motifs is 1. The molecule has 0 spiro atoms. The number of hydrogen-bond donors (Lipinski definition) is 2. The quantitative estimate of drug-likeness (QED) is 0.139. The van der Waals surface area contributed by atoms with E-state index < -0.39 is 29.7 Å². The summed E-state index contributed by atoms with van der Waals surface area (Å²) in [5.74, 6) is 2.77. The summed E-state index contributed by atoms with van der Waals surface area (Å²) in [5, 5.41) is 4.12. The second kappa shape index (κ2) is 10.2. The molecule has 0 aliphatic rings. The maximum atomic E-state index is 14.1. The number of nitrogens with two attached hydrogens (primary N) is 2. The van der Waals surface area contributed by atoms with Crippen molar-refractivity contribution in [3.05, 3.63) is 59.0 Å². The maximum absolute atomic E-state index is 14.1. The van der Waals surface area contributed by atoms with Crippen molar-refractivity contribution in [3.63, 3.8) is 0 Å². The van der Waals surface area contributed by atoms with E-state index in [-0.39, 0.29) is 22.8 Å². The van der Waals surface area contributed by atoms with Crippen molar-refractivity contribution in [2.75, 3.05) is 5.73 Å². The van der Waals surface area contributed by atoms with Crippen molar-refractivity contribution in [3.8, 4) is 11.1 Å². The Kier molecular flexibility index (Phi) is 7.16. The monoisotopic (exact) mass is 581 g/mol. The Morgan fingerprint density at radius 3 is 2.46 bits per heavy atom. The summed E-state index contributed by atoms with van der Waals surface area (Å²) in [5.41, 5.74) is 7.06. The van der Waals surface area contributed by atoms with Gasteiger partial charge < -0.3 is 16.1 Å². The van der Waals surface area contributed by atoms with E-state index in [1.54, 1.807) is 4.57 Å². The molecule has 0 aliphatic carbocycles. The van der Waals surface area contributed by atoms with E-state index in [9.17, 15) is 22.0 Å². The average Bonchev–Trinajstić information content (AvgIpc) is 3.15. The Morgan fingerprint density at radius 1 is 1.16 bits per heavy atom. The molecule has 9 nitrogen and oxygen atoms in total. The Labute approximate surface area is 214 Å². The third-order valence-electron chi connectivity index (χ3n) is 5.38. The van der Waals surface area contributed by atoms with E-state index in [1.807, 2.05) is 6.92 Å². The molecule has 4 N–H and O–H groups in total. The molecule has 3 heterocycles. The van der Waals surface area contributed by atoms with Crippen LogP contribution in [0.5, 0.6) is 0 Å². The Bertz CT molecular complexity index is 1510. The first kappa shape index (κ1) is 26.1. The zero-order valence-corrected chi connectivity index (χ0v) is 20.5. The minimum absolute atomic E-state index is 0.0579. The molecule has 37 heavy (non-hydrogen) atoms. The second-order valence-electron chi connectivity index (χ2n) is 7.62. The number of nitrogens with zero attached hydrogens (tertiary/aromatic N) is 7. The lowest BCUT2D eigenvalue weighted by molar-refractivity contribution is -0.144. The highest BCUT2D eigenvalue weighted by molar-refractivity contribution is 9.10. The number of nitrogen functional groups attached to an aromatic ring is 1.